The van der Waals surface area contributed by atoms with Gasteiger partial charge in [-0.25, -0.2) is 0 Å². The Labute approximate surface area is 123 Å². The van der Waals surface area contributed by atoms with Crippen LogP contribution in [0.1, 0.15) is 39.2 Å². The average molecular weight is 276 g/mol. The van der Waals surface area contributed by atoms with Crippen molar-refractivity contribution in [2.45, 2.75) is 52.2 Å². The van der Waals surface area contributed by atoms with Crippen molar-refractivity contribution in [3.8, 4) is 5.75 Å². The van der Waals surface area contributed by atoms with Gasteiger partial charge in [-0.15, -0.1) is 0 Å². The zero-order valence-electron chi connectivity index (χ0n) is 13.0. The third kappa shape index (κ3) is 3.97. The van der Waals surface area contributed by atoms with Crippen LogP contribution in [-0.4, -0.2) is 35.2 Å². The number of benzene rings is 1. The Morgan fingerprint density at radius 1 is 1.30 bits per heavy atom. The van der Waals surface area contributed by atoms with Crippen molar-refractivity contribution in [1.29, 1.82) is 0 Å². The summed E-state index contributed by atoms with van der Waals surface area (Å²) >= 11 is 0. The summed E-state index contributed by atoms with van der Waals surface area (Å²) in [5, 5.41) is 13.1. The van der Waals surface area contributed by atoms with Crippen LogP contribution in [0, 0.1) is 5.92 Å². The van der Waals surface area contributed by atoms with Crippen LogP contribution in [0.5, 0.6) is 5.75 Å². The summed E-state index contributed by atoms with van der Waals surface area (Å²) in [7, 11) is 0. The molecule has 0 radical (unpaired) electrons. The highest BCUT2D eigenvalue weighted by Crippen LogP contribution is 2.20. The van der Waals surface area contributed by atoms with Crippen molar-refractivity contribution < 1.29 is 5.11 Å². The molecule has 1 heterocycles. The molecule has 112 valence electrons. The number of piperazine rings is 1. The van der Waals surface area contributed by atoms with Gasteiger partial charge in [0, 0.05) is 31.7 Å². The molecule has 1 aliphatic heterocycles. The smallest absolute Gasteiger partial charge is 0.115 e. The number of aromatic hydroxyl groups is 1. The number of nitrogens with one attached hydrogen (secondary N) is 1. The maximum atomic E-state index is 9.39. The molecule has 2 N–H and O–H groups in total. The van der Waals surface area contributed by atoms with Crippen LogP contribution in [0.2, 0.25) is 0 Å². The number of nitrogens with zero attached hydrogens (tertiary/aromatic N) is 1. The first kappa shape index (κ1) is 15.3. The standard InChI is InChI=1S/C17H28N2O/c1-4-5-15-10-18-17(13(2)3)12-19(15)11-14-6-8-16(20)9-7-14/h6-9,13,15,17-18,20H,4-5,10-12H2,1-3H3. The fourth-order valence-electron chi connectivity index (χ4n) is 2.98. The molecular weight excluding hydrogens is 248 g/mol. The molecule has 1 aliphatic rings. The Bertz CT molecular complexity index is 402. The number of rotatable bonds is 5. The number of hydrogen-bond donors (Lipinski definition) is 2. The first-order valence-electron chi connectivity index (χ1n) is 7.85. The lowest BCUT2D eigenvalue weighted by Crippen LogP contribution is -2.57. The molecule has 3 nitrogen and oxygen atoms in total. The van der Waals surface area contributed by atoms with E-state index in [-0.39, 0.29) is 0 Å². The highest BCUT2D eigenvalue weighted by molar-refractivity contribution is 5.25. The molecule has 0 amide bonds. The van der Waals surface area contributed by atoms with Crippen molar-refractivity contribution in [2.75, 3.05) is 13.1 Å². The molecule has 1 aromatic rings. The fraction of sp³-hybridized carbons (Fsp3) is 0.647. The van der Waals surface area contributed by atoms with Gasteiger partial charge >= 0.3 is 0 Å². The van der Waals surface area contributed by atoms with Crippen molar-refractivity contribution in [1.82, 2.24) is 10.2 Å². The van der Waals surface area contributed by atoms with Crippen molar-refractivity contribution in [3.05, 3.63) is 29.8 Å². The molecule has 1 aromatic carbocycles. The van der Waals surface area contributed by atoms with E-state index in [2.05, 4.69) is 31.0 Å². The maximum Gasteiger partial charge on any atom is 0.115 e. The van der Waals surface area contributed by atoms with Gasteiger partial charge in [-0.2, -0.15) is 0 Å². The molecule has 1 saturated heterocycles. The minimum atomic E-state index is 0.347. The van der Waals surface area contributed by atoms with E-state index >= 15 is 0 Å². The van der Waals surface area contributed by atoms with Crippen LogP contribution in [-0.2, 0) is 6.54 Å². The van der Waals surface area contributed by atoms with Gasteiger partial charge in [0.25, 0.3) is 0 Å². The minimum absolute atomic E-state index is 0.347. The SMILES string of the molecule is CCCC1CNC(C(C)C)CN1Cc1ccc(O)cc1. The molecule has 2 unspecified atom stereocenters. The molecule has 2 rings (SSSR count). The highest BCUT2D eigenvalue weighted by atomic mass is 16.3. The second kappa shape index (κ2) is 7.09. The summed E-state index contributed by atoms with van der Waals surface area (Å²) in [6.45, 7) is 10.0. The molecule has 0 saturated carbocycles. The van der Waals surface area contributed by atoms with Gasteiger partial charge in [0.05, 0.1) is 0 Å². The predicted octanol–water partition coefficient (Wildman–Crippen LogP) is 2.99. The molecule has 2 atom stereocenters. The first-order chi connectivity index (χ1) is 9.60. The van der Waals surface area contributed by atoms with E-state index in [1.54, 1.807) is 12.1 Å². The molecule has 0 spiro atoms. The van der Waals surface area contributed by atoms with Crippen LogP contribution in [0.25, 0.3) is 0 Å². The summed E-state index contributed by atoms with van der Waals surface area (Å²) in [5.41, 5.74) is 1.29. The summed E-state index contributed by atoms with van der Waals surface area (Å²) < 4.78 is 0. The van der Waals surface area contributed by atoms with E-state index in [0.717, 1.165) is 19.6 Å². The zero-order valence-corrected chi connectivity index (χ0v) is 13.0. The first-order valence-corrected chi connectivity index (χ1v) is 7.85. The molecule has 20 heavy (non-hydrogen) atoms. The predicted molar refractivity (Wildman–Crippen MR) is 83.8 cm³/mol. The van der Waals surface area contributed by atoms with E-state index in [0.29, 0.717) is 23.8 Å². The molecule has 0 aliphatic carbocycles. The molecule has 0 bridgehead atoms. The van der Waals surface area contributed by atoms with Crippen molar-refractivity contribution in [3.63, 3.8) is 0 Å². The Balaban J connectivity index is 2.04. The van der Waals surface area contributed by atoms with Gasteiger partial charge in [0.2, 0.25) is 0 Å². The van der Waals surface area contributed by atoms with Crippen LogP contribution in [0.3, 0.4) is 0 Å². The van der Waals surface area contributed by atoms with E-state index in [9.17, 15) is 5.11 Å². The summed E-state index contributed by atoms with van der Waals surface area (Å²) in [5.74, 6) is 1.01. The Morgan fingerprint density at radius 3 is 2.60 bits per heavy atom. The third-order valence-electron chi connectivity index (χ3n) is 4.31. The monoisotopic (exact) mass is 276 g/mol. The van der Waals surface area contributed by atoms with Gasteiger partial charge in [-0.3, -0.25) is 4.90 Å². The van der Waals surface area contributed by atoms with Crippen LogP contribution in [0.15, 0.2) is 24.3 Å². The lowest BCUT2D eigenvalue weighted by molar-refractivity contribution is 0.0997. The number of phenols is 1. The molecule has 3 heteroatoms. The lowest BCUT2D eigenvalue weighted by Gasteiger charge is -2.42. The third-order valence-corrected chi connectivity index (χ3v) is 4.31. The average Bonchev–Trinajstić information content (AvgIpc) is 2.43. The number of hydrogen-bond acceptors (Lipinski definition) is 3. The van der Waals surface area contributed by atoms with Crippen molar-refractivity contribution in [2.24, 2.45) is 5.92 Å². The van der Waals surface area contributed by atoms with Crippen molar-refractivity contribution >= 4 is 0 Å². The van der Waals surface area contributed by atoms with Crippen LogP contribution >= 0.6 is 0 Å². The van der Waals surface area contributed by atoms with E-state index in [4.69, 9.17) is 0 Å². The van der Waals surface area contributed by atoms with Gasteiger partial charge in [-0.05, 0) is 30.0 Å². The highest BCUT2D eigenvalue weighted by Gasteiger charge is 2.28. The lowest BCUT2D eigenvalue weighted by atomic mass is 9.97. The fourth-order valence-corrected chi connectivity index (χ4v) is 2.98. The normalized spacial score (nSPS) is 24.2. The molecule has 1 fully saturated rings. The Kier molecular flexibility index (Phi) is 5.44. The summed E-state index contributed by atoms with van der Waals surface area (Å²) in [6, 6.07) is 8.85. The second-order valence-corrected chi connectivity index (χ2v) is 6.30. The second-order valence-electron chi connectivity index (χ2n) is 6.30. The van der Waals surface area contributed by atoms with Gasteiger partial charge in [0.15, 0.2) is 0 Å². The summed E-state index contributed by atoms with van der Waals surface area (Å²) in [6.07, 6.45) is 2.47. The molecular formula is C17H28N2O. The Hall–Kier alpha value is -1.06. The topological polar surface area (TPSA) is 35.5 Å². The van der Waals surface area contributed by atoms with Crippen LogP contribution in [0.4, 0.5) is 0 Å². The molecule has 0 aromatic heterocycles. The minimum Gasteiger partial charge on any atom is -0.508 e. The van der Waals surface area contributed by atoms with Crippen LogP contribution < -0.4 is 5.32 Å². The van der Waals surface area contributed by atoms with E-state index in [1.807, 2.05) is 12.1 Å². The quantitative estimate of drug-likeness (QED) is 0.868. The van der Waals surface area contributed by atoms with Gasteiger partial charge in [0.1, 0.15) is 5.75 Å². The zero-order chi connectivity index (χ0) is 14.5. The largest absolute Gasteiger partial charge is 0.508 e. The van der Waals surface area contributed by atoms with E-state index in [1.165, 1.54) is 18.4 Å². The number of phenolic OH excluding ortho intramolecular Hbond substituents is 1. The Morgan fingerprint density at radius 2 is 2.00 bits per heavy atom. The maximum absolute atomic E-state index is 9.39. The summed E-state index contributed by atoms with van der Waals surface area (Å²) in [4.78, 5) is 2.61. The van der Waals surface area contributed by atoms with Gasteiger partial charge < -0.3 is 10.4 Å². The van der Waals surface area contributed by atoms with Gasteiger partial charge in [-0.1, -0.05) is 39.3 Å². The van der Waals surface area contributed by atoms with E-state index < -0.39 is 0 Å².